The molecule has 1 aliphatic heterocycles. The van der Waals surface area contributed by atoms with Crippen molar-refractivity contribution in [2.45, 2.75) is 18.7 Å². The van der Waals surface area contributed by atoms with Gasteiger partial charge < -0.3 is 20.4 Å². The maximum Gasteiger partial charge on any atom is 0.333 e. The molecule has 29 heavy (non-hydrogen) atoms. The van der Waals surface area contributed by atoms with Crippen molar-refractivity contribution in [2.75, 3.05) is 5.32 Å². The lowest BCUT2D eigenvalue weighted by Crippen LogP contribution is -2.45. The van der Waals surface area contributed by atoms with Crippen LogP contribution in [0.15, 0.2) is 83.3 Å². The third kappa shape index (κ3) is 4.19. The van der Waals surface area contributed by atoms with Gasteiger partial charge in [-0.1, -0.05) is 36.4 Å². The highest BCUT2D eigenvalue weighted by Gasteiger charge is 2.30. The summed E-state index contributed by atoms with van der Waals surface area (Å²) in [6.07, 6.45) is 10.3. The lowest BCUT2D eigenvalue weighted by molar-refractivity contribution is -0.147. The number of anilines is 1. The maximum atomic E-state index is 12.8. The van der Waals surface area contributed by atoms with Crippen LogP contribution in [-0.4, -0.2) is 29.0 Å². The molecule has 0 saturated heterocycles. The molecule has 0 radical (unpaired) electrons. The molecule has 1 aromatic carbocycles. The molecular weight excluding hydrogens is 370 g/mol. The van der Waals surface area contributed by atoms with E-state index in [2.05, 4.69) is 15.6 Å². The van der Waals surface area contributed by atoms with Gasteiger partial charge in [-0.3, -0.25) is 9.59 Å². The van der Waals surface area contributed by atoms with Crippen LogP contribution >= 0.6 is 0 Å². The number of pyridine rings is 1. The van der Waals surface area contributed by atoms with E-state index in [1.807, 2.05) is 24.3 Å². The van der Waals surface area contributed by atoms with Gasteiger partial charge in [-0.05, 0) is 35.4 Å². The molecule has 4 rings (SSSR count). The number of nitrogens with one attached hydrogen (secondary N) is 3. The van der Waals surface area contributed by atoms with Crippen LogP contribution in [0, 0.1) is 0 Å². The summed E-state index contributed by atoms with van der Waals surface area (Å²) in [6, 6.07) is 9.33. The molecule has 2 aliphatic rings. The van der Waals surface area contributed by atoms with Crippen molar-refractivity contribution in [1.82, 2.24) is 10.3 Å². The second-order valence-corrected chi connectivity index (χ2v) is 6.68. The van der Waals surface area contributed by atoms with Gasteiger partial charge in [0.15, 0.2) is 0 Å². The number of para-hydroxylation sites is 1. The quantitative estimate of drug-likeness (QED) is 0.680. The molecule has 1 aromatic heterocycles. The molecule has 2 aromatic rings. The number of benzene rings is 1. The van der Waals surface area contributed by atoms with Gasteiger partial charge in [0.1, 0.15) is 12.1 Å². The lowest BCUT2D eigenvalue weighted by Gasteiger charge is -2.27. The smallest absolute Gasteiger partial charge is 0.333 e. The van der Waals surface area contributed by atoms with Crippen molar-refractivity contribution in [3.63, 3.8) is 0 Å². The van der Waals surface area contributed by atoms with Crippen molar-refractivity contribution in [3.05, 3.63) is 100 Å². The van der Waals surface area contributed by atoms with E-state index in [1.54, 1.807) is 42.6 Å². The van der Waals surface area contributed by atoms with Gasteiger partial charge in [0.2, 0.25) is 5.56 Å². The van der Waals surface area contributed by atoms with Gasteiger partial charge in [0.25, 0.3) is 5.91 Å². The zero-order chi connectivity index (χ0) is 20.2. The fourth-order valence-corrected chi connectivity index (χ4v) is 3.16. The monoisotopic (exact) mass is 389 g/mol. The fourth-order valence-electron chi connectivity index (χ4n) is 3.16. The minimum Gasteiger partial charge on any atom is -0.451 e. The molecule has 1 aliphatic carbocycles. The Hall–Kier alpha value is -3.87. The normalized spacial score (nSPS) is 19.7. The molecule has 7 nitrogen and oxygen atoms in total. The third-order valence-corrected chi connectivity index (χ3v) is 4.66. The summed E-state index contributed by atoms with van der Waals surface area (Å²) in [5, 5.41) is 5.92. The number of amides is 1. The Morgan fingerprint density at radius 1 is 1.10 bits per heavy atom. The van der Waals surface area contributed by atoms with Crippen molar-refractivity contribution in [3.8, 4) is 0 Å². The van der Waals surface area contributed by atoms with Crippen LogP contribution in [0.25, 0.3) is 0 Å². The number of esters is 1. The van der Waals surface area contributed by atoms with Gasteiger partial charge in [0, 0.05) is 24.5 Å². The van der Waals surface area contributed by atoms with E-state index in [4.69, 9.17) is 4.74 Å². The molecule has 146 valence electrons. The first kappa shape index (κ1) is 18.5. The predicted molar refractivity (Wildman–Crippen MR) is 108 cm³/mol. The summed E-state index contributed by atoms with van der Waals surface area (Å²) >= 11 is 0. The molecule has 0 spiro atoms. The van der Waals surface area contributed by atoms with Crippen molar-refractivity contribution in [1.29, 1.82) is 0 Å². The van der Waals surface area contributed by atoms with E-state index >= 15 is 0 Å². The van der Waals surface area contributed by atoms with Gasteiger partial charge in [0.05, 0.1) is 5.56 Å². The van der Waals surface area contributed by atoms with Crippen LogP contribution in [0.2, 0.25) is 0 Å². The first-order chi connectivity index (χ1) is 14.1. The molecule has 2 atom stereocenters. The number of carbonyl (C=O) groups is 2. The Bertz CT molecular complexity index is 1080. The number of rotatable bonds is 5. The van der Waals surface area contributed by atoms with E-state index in [0.29, 0.717) is 17.8 Å². The summed E-state index contributed by atoms with van der Waals surface area (Å²) in [5.41, 5.74) is 2.55. The molecular formula is C22H19N3O4. The van der Waals surface area contributed by atoms with E-state index in [1.165, 1.54) is 6.07 Å². The lowest BCUT2D eigenvalue weighted by atomic mass is 9.99. The van der Waals surface area contributed by atoms with Crippen molar-refractivity contribution >= 4 is 17.6 Å². The average Bonchev–Trinajstić information content (AvgIpc) is 2.74. The summed E-state index contributed by atoms with van der Waals surface area (Å²) in [6.45, 7) is 0.426. The number of hydrogen-bond acceptors (Lipinski definition) is 5. The molecule has 1 amide bonds. The third-order valence-electron chi connectivity index (χ3n) is 4.66. The zero-order valence-corrected chi connectivity index (χ0v) is 15.4. The minimum absolute atomic E-state index is 0.174. The second kappa shape index (κ2) is 8.02. The predicted octanol–water partition coefficient (Wildman–Crippen LogP) is 2.06. The first-order valence-electron chi connectivity index (χ1n) is 9.18. The molecule has 2 unspecified atom stereocenters. The SMILES string of the molecule is O=C(NC1C=C2C=CC=CC2OC1=O)c1ccccc1NCc1ccc(=O)[nH]c1. The Kier molecular flexibility index (Phi) is 5.11. The highest BCUT2D eigenvalue weighted by atomic mass is 16.5. The number of H-pyrrole nitrogens is 1. The minimum atomic E-state index is -0.850. The molecule has 0 saturated carbocycles. The van der Waals surface area contributed by atoms with Crippen LogP contribution in [0.4, 0.5) is 5.69 Å². The van der Waals surface area contributed by atoms with E-state index in [0.717, 1.165) is 11.1 Å². The van der Waals surface area contributed by atoms with Crippen LogP contribution in [-0.2, 0) is 16.1 Å². The molecule has 0 bridgehead atoms. The van der Waals surface area contributed by atoms with Gasteiger partial charge >= 0.3 is 5.97 Å². The molecule has 0 fully saturated rings. The summed E-state index contributed by atoms with van der Waals surface area (Å²) in [5.74, 6) is -0.882. The van der Waals surface area contributed by atoms with Crippen molar-refractivity contribution < 1.29 is 14.3 Å². The largest absolute Gasteiger partial charge is 0.451 e. The number of fused-ring (bicyclic) bond motifs is 1. The first-order valence-corrected chi connectivity index (χ1v) is 9.18. The Labute approximate surface area is 166 Å². The number of hydrogen-bond donors (Lipinski definition) is 3. The highest BCUT2D eigenvalue weighted by molar-refractivity contribution is 6.02. The van der Waals surface area contributed by atoms with Crippen LogP contribution in [0.5, 0.6) is 0 Å². The summed E-state index contributed by atoms with van der Waals surface area (Å²) < 4.78 is 5.38. The van der Waals surface area contributed by atoms with Crippen LogP contribution < -0.4 is 16.2 Å². The van der Waals surface area contributed by atoms with Gasteiger partial charge in [-0.25, -0.2) is 4.79 Å². The number of carbonyl (C=O) groups excluding carboxylic acids is 2. The number of aromatic nitrogens is 1. The van der Waals surface area contributed by atoms with Crippen molar-refractivity contribution in [2.24, 2.45) is 0 Å². The highest BCUT2D eigenvalue weighted by Crippen LogP contribution is 2.22. The topological polar surface area (TPSA) is 100 Å². The molecule has 7 heteroatoms. The van der Waals surface area contributed by atoms with E-state index in [-0.39, 0.29) is 11.5 Å². The van der Waals surface area contributed by atoms with E-state index < -0.39 is 18.1 Å². The molecule has 2 heterocycles. The summed E-state index contributed by atoms with van der Waals surface area (Å²) in [4.78, 5) is 38.9. The Balaban J connectivity index is 1.48. The van der Waals surface area contributed by atoms with Crippen LogP contribution in [0.3, 0.4) is 0 Å². The molecule has 3 N–H and O–H groups in total. The standard InChI is InChI=1S/C22H19N3O4/c26-20-10-9-14(13-24-20)12-23-17-7-3-2-6-16(17)21(27)25-18-11-15-5-1-4-8-19(15)29-22(18)28/h1-11,13,18-19,23H,12H2,(H,24,26)(H,25,27). The number of allylic oxidation sites excluding steroid dienone is 2. The number of aromatic amines is 1. The average molecular weight is 389 g/mol. The Morgan fingerprint density at radius 3 is 2.79 bits per heavy atom. The van der Waals surface area contributed by atoms with Crippen LogP contribution in [0.1, 0.15) is 15.9 Å². The number of ether oxygens (including phenoxy) is 1. The summed E-state index contributed by atoms with van der Waals surface area (Å²) in [7, 11) is 0. The maximum absolute atomic E-state index is 12.8. The van der Waals surface area contributed by atoms with E-state index in [9.17, 15) is 14.4 Å². The fraction of sp³-hybridized carbons (Fsp3) is 0.136. The zero-order valence-electron chi connectivity index (χ0n) is 15.4. The van der Waals surface area contributed by atoms with Gasteiger partial charge in [-0.15, -0.1) is 0 Å². The second-order valence-electron chi connectivity index (χ2n) is 6.68. The Morgan fingerprint density at radius 2 is 1.97 bits per heavy atom. The van der Waals surface area contributed by atoms with Gasteiger partial charge in [-0.2, -0.15) is 0 Å².